The maximum Gasteiger partial charge on any atom is 0.0934 e. The summed E-state index contributed by atoms with van der Waals surface area (Å²) in [5.41, 5.74) is 0. The summed E-state index contributed by atoms with van der Waals surface area (Å²) in [6.07, 6.45) is 2.19. The smallest absolute Gasteiger partial charge is 0.0934 e. The number of hydrogen-bond acceptors (Lipinski definition) is 1. The maximum absolute atomic E-state index is 12.0. The average Bonchev–Trinajstić information content (AvgIpc) is 1.90. The van der Waals surface area contributed by atoms with Crippen molar-refractivity contribution in [1.29, 1.82) is 0 Å². The Bertz CT molecular complexity index is 81.7. The fourth-order valence-electron chi connectivity index (χ4n) is 1.19. The molecule has 10 heavy (non-hydrogen) atoms. The summed E-state index contributed by atoms with van der Waals surface area (Å²) in [7, 11) is 0. The highest BCUT2D eigenvalue weighted by molar-refractivity contribution is 5.85. The quantitative estimate of drug-likeness (QED) is 0.628. The minimum Gasteiger partial charge on any atom is -0.314 e. The molecule has 1 nitrogen and oxygen atoms in total. The Labute approximate surface area is 67.8 Å². The van der Waals surface area contributed by atoms with Gasteiger partial charge in [-0.05, 0) is 25.7 Å². The second-order valence-corrected chi connectivity index (χ2v) is 2.91. The number of rotatable bonds is 1. The largest absolute Gasteiger partial charge is 0.314 e. The van der Waals surface area contributed by atoms with Crippen molar-refractivity contribution in [1.82, 2.24) is 5.32 Å². The molecule has 62 valence electrons. The highest BCUT2D eigenvalue weighted by atomic mass is 35.5. The van der Waals surface area contributed by atoms with Crippen molar-refractivity contribution in [3.63, 3.8) is 0 Å². The number of hydrogen-bond donors (Lipinski definition) is 1. The molecule has 0 aromatic rings. The van der Waals surface area contributed by atoms with Crippen LogP contribution in [0.1, 0.15) is 19.8 Å². The molecule has 0 bridgehead atoms. The van der Waals surface area contributed by atoms with E-state index in [1.165, 1.54) is 0 Å². The van der Waals surface area contributed by atoms with E-state index in [-0.39, 0.29) is 19.1 Å². The van der Waals surface area contributed by atoms with Crippen LogP contribution in [-0.2, 0) is 0 Å². The minimum absolute atomic E-state index is 0. The first-order chi connectivity index (χ1) is 4.33. The van der Waals surface area contributed by atoms with Crippen LogP contribution in [-0.4, -0.2) is 19.3 Å². The summed E-state index contributed by atoms with van der Waals surface area (Å²) in [4.78, 5) is 0. The molecule has 0 amide bonds. The molecular formula is C7H15ClFN. The maximum atomic E-state index is 12.0. The lowest BCUT2D eigenvalue weighted by atomic mass is 9.97. The molecule has 0 aliphatic carbocycles. The Morgan fingerprint density at radius 1 is 1.50 bits per heavy atom. The van der Waals surface area contributed by atoms with Crippen LogP contribution < -0.4 is 5.32 Å². The summed E-state index contributed by atoms with van der Waals surface area (Å²) >= 11 is 0. The normalized spacial score (nSPS) is 33.0. The van der Waals surface area contributed by atoms with Crippen LogP contribution in [0, 0.1) is 5.92 Å². The molecule has 1 rings (SSSR count). The van der Waals surface area contributed by atoms with Crippen molar-refractivity contribution < 1.29 is 4.39 Å². The topological polar surface area (TPSA) is 12.0 Å². The van der Waals surface area contributed by atoms with Gasteiger partial charge >= 0.3 is 0 Å². The molecule has 0 spiro atoms. The van der Waals surface area contributed by atoms with Crippen molar-refractivity contribution in [3.8, 4) is 0 Å². The van der Waals surface area contributed by atoms with Gasteiger partial charge in [-0.1, -0.05) is 0 Å². The van der Waals surface area contributed by atoms with E-state index in [1.807, 2.05) is 0 Å². The third kappa shape index (κ3) is 2.84. The van der Waals surface area contributed by atoms with Gasteiger partial charge in [-0.2, -0.15) is 0 Å². The predicted octanol–water partition coefficient (Wildman–Crippen LogP) is 1.77. The van der Waals surface area contributed by atoms with E-state index in [2.05, 4.69) is 12.2 Å². The molecule has 1 saturated heterocycles. The number of nitrogens with one attached hydrogen (secondary N) is 1. The molecule has 2 atom stereocenters. The van der Waals surface area contributed by atoms with Gasteiger partial charge in [0.25, 0.3) is 0 Å². The Kier molecular flexibility index (Phi) is 5.00. The number of alkyl halides is 1. The summed E-state index contributed by atoms with van der Waals surface area (Å²) in [5, 5.41) is 3.24. The zero-order chi connectivity index (χ0) is 6.69. The summed E-state index contributed by atoms with van der Waals surface area (Å²) < 4.78 is 12.0. The van der Waals surface area contributed by atoms with Crippen LogP contribution in [0.3, 0.4) is 0 Å². The summed E-state index contributed by atoms with van der Waals surface area (Å²) in [6, 6.07) is 0.604. The minimum atomic E-state index is -0.153. The highest BCUT2D eigenvalue weighted by Gasteiger charge is 2.16. The van der Waals surface area contributed by atoms with Crippen LogP contribution in [0.25, 0.3) is 0 Å². The second kappa shape index (κ2) is 4.91. The number of piperidine rings is 1. The van der Waals surface area contributed by atoms with Gasteiger partial charge < -0.3 is 5.32 Å². The van der Waals surface area contributed by atoms with Gasteiger partial charge in [-0.3, -0.25) is 4.39 Å². The lowest BCUT2D eigenvalue weighted by Gasteiger charge is -2.25. The molecule has 0 saturated carbocycles. The standard InChI is InChI=1S/C7H14FN.ClH/c1-6-2-3-7(4-8)5-9-6;/h6-7,9H,2-5H2,1H3;1H/t6-,7+;/m1./s1. The first-order valence-corrected chi connectivity index (χ1v) is 3.62. The van der Waals surface area contributed by atoms with Crippen LogP contribution >= 0.6 is 12.4 Å². The van der Waals surface area contributed by atoms with E-state index >= 15 is 0 Å². The van der Waals surface area contributed by atoms with Gasteiger partial charge in [0.1, 0.15) is 0 Å². The number of halogens is 2. The molecule has 1 fully saturated rings. The van der Waals surface area contributed by atoms with E-state index in [1.54, 1.807) is 0 Å². The third-order valence-electron chi connectivity index (χ3n) is 1.98. The lowest BCUT2D eigenvalue weighted by Crippen LogP contribution is -2.37. The van der Waals surface area contributed by atoms with E-state index in [9.17, 15) is 4.39 Å². The fraction of sp³-hybridized carbons (Fsp3) is 1.00. The van der Waals surface area contributed by atoms with Crippen molar-refractivity contribution in [3.05, 3.63) is 0 Å². The predicted molar refractivity (Wildman–Crippen MR) is 43.4 cm³/mol. The molecule has 1 heterocycles. The van der Waals surface area contributed by atoms with Crippen LogP contribution in [0.2, 0.25) is 0 Å². The Balaban J connectivity index is 0.000000810. The molecule has 1 N–H and O–H groups in total. The van der Waals surface area contributed by atoms with E-state index in [4.69, 9.17) is 0 Å². The highest BCUT2D eigenvalue weighted by Crippen LogP contribution is 2.13. The van der Waals surface area contributed by atoms with Crippen LogP contribution in [0.5, 0.6) is 0 Å². The second-order valence-electron chi connectivity index (χ2n) is 2.91. The molecule has 1 aliphatic heterocycles. The van der Waals surface area contributed by atoms with E-state index in [0.29, 0.717) is 12.0 Å². The Hall–Kier alpha value is 0.180. The summed E-state index contributed by atoms with van der Waals surface area (Å²) in [5.74, 6) is 0.293. The zero-order valence-corrected chi connectivity index (χ0v) is 7.09. The molecule has 0 radical (unpaired) electrons. The first kappa shape index (κ1) is 10.2. The van der Waals surface area contributed by atoms with E-state index in [0.717, 1.165) is 19.4 Å². The molecule has 0 aromatic carbocycles. The fourth-order valence-corrected chi connectivity index (χ4v) is 1.19. The van der Waals surface area contributed by atoms with Crippen molar-refractivity contribution in [2.24, 2.45) is 5.92 Å². The van der Waals surface area contributed by atoms with E-state index < -0.39 is 0 Å². The van der Waals surface area contributed by atoms with Gasteiger partial charge in [0.15, 0.2) is 0 Å². The van der Waals surface area contributed by atoms with Gasteiger partial charge in [0, 0.05) is 12.6 Å². The molecular weight excluding hydrogens is 153 g/mol. The summed E-state index contributed by atoms with van der Waals surface area (Å²) in [6.45, 7) is 2.87. The first-order valence-electron chi connectivity index (χ1n) is 3.62. The van der Waals surface area contributed by atoms with Gasteiger partial charge in [-0.15, -0.1) is 12.4 Å². The van der Waals surface area contributed by atoms with Crippen LogP contribution in [0.15, 0.2) is 0 Å². The van der Waals surface area contributed by atoms with Gasteiger partial charge in [0.2, 0.25) is 0 Å². The van der Waals surface area contributed by atoms with Crippen molar-refractivity contribution >= 4 is 12.4 Å². The average molecular weight is 168 g/mol. The third-order valence-corrected chi connectivity index (χ3v) is 1.98. The molecule has 0 aromatic heterocycles. The molecule has 1 aliphatic rings. The monoisotopic (exact) mass is 167 g/mol. The van der Waals surface area contributed by atoms with Gasteiger partial charge in [0.05, 0.1) is 6.67 Å². The SMILES string of the molecule is C[C@@H]1CC[C@@H](CF)CN1.Cl. The Morgan fingerprint density at radius 3 is 2.60 bits per heavy atom. The Morgan fingerprint density at radius 2 is 2.20 bits per heavy atom. The van der Waals surface area contributed by atoms with Crippen molar-refractivity contribution in [2.45, 2.75) is 25.8 Å². The molecule has 3 heteroatoms. The van der Waals surface area contributed by atoms with Crippen LogP contribution in [0.4, 0.5) is 4.39 Å². The van der Waals surface area contributed by atoms with Gasteiger partial charge in [-0.25, -0.2) is 0 Å². The van der Waals surface area contributed by atoms with Crippen molar-refractivity contribution in [2.75, 3.05) is 13.2 Å². The molecule has 0 unspecified atom stereocenters. The lowest BCUT2D eigenvalue weighted by molar-refractivity contribution is 0.266. The zero-order valence-electron chi connectivity index (χ0n) is 6.27.